The number of hydrogen-bond donors (Lipinski definition) is 2. The topological polar surface area (TPSA) is 46.2 Å². The molecular formula is C14H19ClF3NOS. The Labute approximate surface area is 132 Å². The van der Waals surface area contributed by atoms with Crippen molar-refractivity contribution in [1.82, 2.24) is 0 Å². The van der Waals surface area contributed by atoms with E-state index in [0.29, 0.717) is 5.56 Å². The Balaban J connectivity index is 0.00000220. The number of halogens is 4. The van der Waals surface area contributed by atoms with E-state index in [-0.39, 0.29) is 35.0 Å². The van der Waals surface area contributed by atoms with Gasteiger partial charge in [-0.05, 0) is 48.2 Å². The molecule has 0 aliphatic heterocycles. The molecule has 1 aliphatic carbocycles. The summed E-state index contributed by atoms with van der Waals surface area (Å²) >= 11 is -0.148. The first-order valence-electron chi connectivity index (χ1n) is 6.66. The van der Waals surface area contributed by atoms with Crippen molar-refractivity contribution >= 4 is 24.2 Å². The van der Waals surface area contributed by atoms with Crippen molar-refractivity contribution in [1.29, 1.82) is 0 Å². The van der Waals surface area contributed by atoms with Gasteiger partial charge in [0.2, 0.25) is 0 Å². The van der Waals surface area contributed by atoms with Crippen molar-refractivity contribution in [3.8, 4) is 0 Å². The molecule has 0 unspecified atom stereocenters. The lowest BCUT2D eigenvalue weighted by atomic mass is 9.91. The second-order valence-electron chi connectivity index (χ2n) is 5.18. The Morgan fingerprint density at radius 1 is 1.14 bits per heavy atom. The van der Waals surface area contributed by atoms with Gasteiger partial charge in [-0.25, -0.2) is 0 Å². The van der Waals surface area contributed by atoms with E-state index >= 15 is 0 Å². The van der Waals surface area contributed by atoms with E-state index in [1.165, 1.54) is 12.1 Å². The zero-order chi connectivity index (χ0) is 14.8. The van der Waals surface area contributed by atoms with Crippen LogP contribution in [-0.2, 0) is 0 Å². The third-order valence-corrected chi connectivity index (χ3v) is 4.49. The number of thioether (sulfide) groups is 1. The average molecular weight is 342 g/mol. The van der Waals surface area contributed by atoms with E-state index in [0.717, 1.165) is 25.7 Å². The number of aliphatic hydroxyl groups excluding tert-OH is 1. The second-order valence-corrected chi connectivity index (χ2v) is 6.32. The van der Waals surface area contributed by atoms with Gasteiger partial charge in [-0.1, -0.05) is 25.0 Å². The van der Waals surface area contributed by atoms with Gasteiger partial charge in [-0.3, -0.25) is 0 Å². The highest BCUT2D eigenvalue weighted by molar-refractivity contribution is 8.00. The molecule has 0 amide bonds. The van der Waals surface area contributed by atoms with Gasteiger partial charge in [0.1, 0.15) is 0 Å². The molecule has 3 N–H and O–H groups in total. The van der Waals surface area contributed by atoms with Crippen molar-refractivity contribution < 1.29 is 18.3 Å². The normalized spacial score (nSPS) is 19.1. The van der Waals surface area contributed by atoms with Crippen LogP contribution in [0.5, 0.6) is 0 Å². The van der Waals surface area contributed by atoms with Gasteiger partial charge < -0.3 is 10.8 Å². The summed E-state index contributed by atoms with van der Waals surface area (Å²) in [5.74, 6) is 0.203. The summed E-state index contributed by atoms with van der Waals surface area (Å²) in [4.78, 5) is 0.129. The Hall–Kier alpha value is -0.430. The Kier molecular flexibility index (Phi) is 6.84. The van der Waals surface area contributed by atoms with Crippen LogP contribution in [0.25, 0.3) is 0 Å². The molecule has 1 aromatic rings. The fraction of sp³-hybridized carbons (Fsp3) is 0.571. The summed E-state index contributed by atoms with van der Waals surface area (Å²) < 4.78 is 36.7. The highest BCUT2D eigenvalue weighted by Gasteiger charge is 2.30. The summed E-state index contributed by atoms with van der Waals surface area (Å²) in [6, 6.07) is 5.39. The van der Waals surface area contributed by atoms with Crippen molar-refractivity contribution in [3.05, 3.63) is 29.8 Å². The molecule has 0 radical (unpaired) electrons. The minimum absolute atomic E-state index is 0. The first-order chi connectivity index (χ1) is 9.37. The molecular weight excluding hydrogens is 323 g/mol. The summed E-state index contributed by atoms with van der Waals surface area (Å²) in [5.41, 5.74) is 2.41. The second kappa shape index (κ2) is 7.72. The molecule has 0 spiro atoms. The monoisotopic (exact) mass is 341 g/mol. The van der Waals surface area contributed by atoms with Gasteiger partial charge in [-0.15, -0.1) is 12.4 Å². The van der Waals surface area contributed by atoms with E-state index in [1.54, 1.807) is 12.1 Å². The smallest absolute Gasteiger partial charge is 0.391 e. The van der Waals surface area contributed by atoms with E-state index in [2.05, 4.69) is 0 Å². The SMILES string of the molecule is Cl.N[C@@H](c1ccc(SC(F)(F)F)cc1)[C@H](O)C1CCCC1. The minimum atomic E-state index is -4.28. The predicted molar refractivity (Wildman–Crippen MR) is 80.5 cm³/mol. The minimum Gasteiger partial charge on any atom is -0.391 e. The highest BCUT2D eigenvalue weighted by atomic mass is 35.5. The molecule has 7 heteroatoms. The van der Waals surface area contributed by atoms with Crippen LogP contribution in [0.3, 0.4) is 0 Å². The molecule has 1 saturated carbocycles. The zero-order valence-corrected chi connectivity index (χ0v) is 13.0. The molecule has 2 rings (SSSR count). The van der Waals surface area contributed by atoms with Crippen molar-refractivity contribution in [2.75, 3.05) is 0 Å². The zero-order valence-electron chi connectivity index (χ0n) is 11.3. The lowest BCUT2D eigenvalue weighted by Crippen LogP contribution is -2.31. The van der Waals surface area contributed by atoms with Crippen LogP contribution < -0.4 is 5.73 Å². The molecule has 1 aromatic carbocycles. The fourth-order valence-electron chi connectivity index (χ4n) is 2.68. The molecule has 0 aromatic heterocycles. The Morgan fingerprint density at radius 2 is 1.67 bits per heavy atom. The van der Waals surface area contributed by atoms with E-state index in [1.807, 2.05) is 0 Å². The number of hydrogen-bond acceptors (Lipinski definition) is 3. The van der Waals surface area contributed by atoms with E-state index in [4.69, 9.17) is 5.73 Å². The molecule has 1 fully saturated rings. The van der Waals surface area contributed by atoms with Gasteiger partial charge in [0, 0.05) is 4.90 Å². The molecule has 2 atom stereocenters. The number of rotatable bonds is 4. The van der Waals surface area contributed by atoms with Crippen LogP contribution in [0.1, 0.15) is 37.3 Å². The maximum absolute atomic E-state index is 12.2. The van der Waals surface area contributed by atoms with Crippen LogP contribution in [-0.4, -0.2) is 16.7 Å². The third-order valence-electron chi connectivity index (χ3n) is 3.75. The third kappa shape index (κ3) is 5.36. The van der Waals surface area contributed by atoms with Crippen LogP contribution in [0.2, 0.25) is 0 Å². The van der Waals surface area contributed by atoms with Gasteiger partial charge in [0.05, 0.1) is 12.1 Å². The quantitative estimate of drug-likeness (QED) is 0.804. The summed E-state index contributed by atoms with van der Waals surface area (Å²) in [6.07, 6.45) is 3.53. The van der Waals surface area contributed by atoms with Crippen molar-refractivity contribution in [2.24, 2.45) is 11.7 Å². The highest BCUT2D eigenvalue weighted by Crippen LogP contribution is 2.37. The lowest BCUT2D eigenvalue weighted by Gasteiger charge is -2.24. The van der Waals surface area contributed by atoms with Crippen LogP contribution in [0, 0.1) is 5.92 Å². The van der Waals surface area contributed by atoms with Gasteiger partial charge in [0.15, 0.2) is 0 Å². The molecule has 0 heterocycles. The first-order valence-corrected chi connectivity index (χ1v) is 7.48. The maximum atomic E-state index is 12.2. The van der Waals surface area contributed by atoms with Gasteiger partial charge >= 0.3 is 5.51 Å². The summed E-state index contributed by atoms with van der Waals surface area (Å²) in [7, 11) is 0. The first kappa shape index (κ1) is 18.6. The molecule has 21 heavy (non-hydrogen) atoms. The lowest BCUT2D eigenvalue weighted by molar-refractivity contribution is -0.0328. The van der Waals surface area contributed by atoms with Crippen LogP contribution in [0.4, 0.5) is 13.2 Å². The summed E-state index contributed by atoms with van der Waals surface area (Å²) in [6.45, 7) is 0. The van der Waals surface area contributed by atoms with E-state index < -0.39 is 17.7 Å². The number of benzene rings is 1. The molecule has 120 valence electrons. The number of alkyl halides is 3. The van der Waals surface area contributed by atoms with Crippen LogP contribution in [0.15, 0.2) is 29.2 Å². The molecule has 0 bridgehead atoms. The van der Waals surface area contributed by atoms with Gasteiger partial charge in [-0.2, -0.15) is 13.2 Å². The maximum Gasteiger partial charge on any atom is 0.446 e. The average Bonchev–Trinajstić information content (AvgIpc) is 2.90. The molecule has 1 aliphatic rings. The molecule has 2 nitrogen and oxygen atoms in total. The van der Waals surface area contributed by atoms with Crippen molar-refractivity contribution in [3.63, 3.8) is 0 Å². The predicted octanol–water partition coefficient (Wildman–Crippen LogP) is 4.27. The standard InChI is InChI=1S/C14H18F3NOS.ClH/c15-14(16,17)20-11-7-5-9(6-8-11)12(18)13(19)10-3-1-2-4-10;/h5-8,10,12-13,19H,1-4,18H2;1H/t12-,13+;/m0./s1. The van der Waals surface area contributed by atoms with E-state index in [9.17, 15) is 18.3 Å². The summed E-state index contributed by atoms with van der Waals surface area (Å²) in [5, 5.41) is 10.2. The Morgan fingerprint density at radius 3 is 2.14 bits per heavy atom. The number of nitrogens with two attached hydrogens (primary N) is 1. The fourth-order valence-corrected chi connectivity index (χ4v) is 3.22. The Bertz CT molecular complexity index is 435. The van der Waals surface area contributed by atoms with Crippen molar-refractivity contribution in [2.45, 2.75) is 48.2 Å². The molecule has 0 saturated heterocycles. The number of aliphatic hydroxyl groups is 1. The van der Waals surface area contributed by atoms with Gasteiger partial charge in [0.25, 0.3) is 0 Å². The van der Waals surface area contributed by atoms with Crippen LogP contribution >= 0.6 is 24.2 Å². The largest absolute Gasteiger partial charge is 0.446 e.